The summed E-state index contributed by atoms with van der Waals surface area (Å²) in [6, 6.07) is 24.7. The Morgan fingerprint density at radius 3 is 2.16 bits per heavy atom. The normalized spacial score (nSPS) is 12.3. The zero-order valence-electron chi connectivity index (χ0n) is 28.7. The number of carbonyl (C=O) groups excluding carboxylic acids is 2. The smallest absolute Gasteiger partial charge is 0.273 e. The van der Waals surface area contributed by atoms with Crippen molar-refractivity contribution < 1.29 is 32.4 Å². The number of nitrogens with one attached hydrogen (secondary N) is 1. The van der Waals surface area contributed by atoms with Crippen molar-refractivity contribution in [3.63, 3.8) is 0 Å². The molecule has 1 N–H and O–H groups in total. The fourth-order valence-corrected chi connectivity index (χ4v) is 6.75. The van der Waals surface area contributed by atoms with Crippen LogP contribution in [0.5, 0.6) is 11.5 Å². The van der Waals surface area contributed by atoms with E-state index in [4.69, 9.17) is 9.47 Å². The van der Waals surface area contributed by atoms with E-state index in [-0.39, 0.29) is 40.8 Å². The van der Waals surface area contributed by atoms with Gasteiger partial charge in [-0.3, -0.25) is 24.0 Å². The number of nitro groups is 1. The van der Waals surface area contributed by atoms with E-state index in [1.54, 1.807) is 36.4 Å². The number of aryl methyl sites for hydroxylation is 1. The fourth-order valence-electron chi connectivity index (χ4n) is 5.31. The van der Waals surface area contributed by atoms with Crippen LogP contribution in [0.15, 0.2) is 102 Å². The molecule has 12 nitrogen and oxygen atoms in total. The van der Waals surface area contributed by atoms with Crippen LogP contribution in [0, 0.1) is 17.0 Å². The van der Waals surface area contributed by atoms with Crippen LogP contribution < -0.4 is 19.1 Å². The molecule has 4 aromatic rings. The van der Waals surface area contributed by atoms with Crippen molar-refractivity contribution >= 4 is 33.2 Å². The third-order valence-electron chi connectivity index (χ3n) is 8.36. The first-order chi connectivity index (χ1) is 23.9. The van der Waals surface area contributed by atoms with Crippen LogP contribution in [0.1, 0.15) is 37.0 Å². The number of benzene rings is 4. The van der Waals surface area contributed by atoms with Gasteiger partial charge in [0.25, 0.3) is 15.7 Å². The summed E-state index contributed by atoms with van der Waals surface area (Å²) in [5.74, 6) is -0.0730. The van der Waals surface area contributed by atoms with Crippen LogP contribution in [0.2, 0.25) is 0 Å². The summed E-state index contributed by atoms with van der Waals surface area (Å²) in [5, 5.41) is 14.8. The molecule has 0 fully saturated rings. The van der Waals surface area contributed by atoms with E-state index < -0.39 is 39.3 Å². The highest BCUT2D eigenvalue weighted by molar-refractivity contribution is 7.92. The molecular weight excluding hydrogens is 660 g/mol. The number of hydrogen-bond acceptors (Lipinski definition) is 8. The average Bonchev–Trinajstić information content (AvgIpc) is 3.12. The first kappa shape index (κ1) is 37.4. The lowest BCUT2D eigenvalue weighted by Crippen LogP contribution is -2.54. The van der Waals surface area contributed by atoms with Crippen molar-refractivity contribution in [2.75, 3.05) is 25.1 Å². The lowest BCUT2D eigenvalue weighted by atomic mass is 10.0. The van der Waals surface area contributed by atoms with Gasteiger partial charge in [-0.2, -0.15) is 0 Å². The summed E-state index contributed by atoms with van der Waals surface area (Å²) < 4.78 is 40.3. The largest absolute Gasteiger partial charge is 0.497 e. The number of methoxy groups -OCH3 is 2. The second-order valence-electron chi connectivity index (χ2n) is 11.8. The Bertz CT molecular complexity index is 1900. The Labute approximate surface area is 292 Å². The average molecular weight is 703 g/mol. The maximum absolute atomic E-state index is 14.7. The number of hydrogen-bond donors (Lipinski definition) is 1. The third kappa shape index (κ3) is 9.17. The van der Waals surface area contributed by atoms with E-state index in [2.05, 4.69) is 5.32 Å². The van der Waals surface area contributed by atoms with Crippen LogP contribution in [-0.4, -0.2) is 62.9 Å². The predicted octanol–water partition coefficient (Wildman–Crippen LogP) is 5.67. The zero-order chi connectivity index (χ0) is 36.4. The van der Waals surface area contributed by atoms with E-state index in [1.165, 1.54) is 50.3 Å². The molecular formula is C37H42N4O8S. The second-order valence-corrected chi connectivity index (χ2v) is 13.7. The molecule has 0 aromatic heterocycles. The van der Waals surface area contributed by atoms with Gasteiger partial charge in [-0.25, -0.2) is 8.42 Å². The Hall–Kier alpha value is -5.43. The minimum atomic E-state index is -4.57. The highest BCUT2D eigenvalue weighted by Gasteiger charge is 2.35. The second kappa shape index (κ2) is 16.8. The van der Waals surface area contributed by atoms with Crippen LogP contribution in [0.3, 0.4) is 0 Å². The molecule has 2 atom stereocenters. The highest BCUT2D eigenvalue weighted by atomic mass is 32.2. The molecule has 0 aliphatic heterocycles. The van der Waals surface area contributed by atoms with E-state index in [0.717, 1.165) is 15.9 Å². The fraction of sp³-hybridized carbons (Fsp3) is 0.297. The van der Waals surface area contributed by atoms with Gasteiger partial charge in [0, 0.05) is 30.6 Å². The van der Waals surface area contributed by atoms with Gasteiger partial charge < -0.3 is 19.7 Å². The number of nitrogens with zero attached hydrogens (tertiary/aromatic N) is 3. The van der Waals surface area contributed by atoms with Crippen LogP contribution in [0.4, 0.5) is 11.4 Å². The van der Waals surface area contributed by atoms with Crippen molar-refractivity contribution in [1.82, 2.24) is 10.2 Å². The van der Waals surface area contributed by atoms with Gasteiger partial charge in [0.15, 0.2) is 0 Å². The maximum Gasteiger partial charge on any atom is 0.273 e. The Kier molecular flexibility index (Phi) is 12.6. The lowest BCUT2D eigenvalue weighted by Gasteiger charge is -2.34. The molecule has 0 radical (unpaired) electrons. The molecule has 264 valence electrons. The Morgan fingerprint density at radius 2 is 1.54 bits per heavy atom. The molecule has 13 heteroatoms. The van der Waals surface area contributed by atoms with Crippen molar-refractivity contribution in [3.8, 4) is 11.5 Å². The number of amides is 2. The minimum Gasteiger partial charge on any atom is -0.497 e. The topological polar surface area (TPSA) is 148 Å². The number of ether oxygens (including phenoxy) is 2. The lowest BCUT2D eigenvalue weighted by molar-refractivity contribution is -0.385. The predicted molar refractivity (Wildman–Crippen MR) is 191 cm³/mol. The Morgan fingerprint density at radius 1 is 0.880 bits per heavy atom. The summed E-state index contributed by atoms with van der Waals surface area (Å²) >= 11 is 0. The molecule has 4 rings (SSSR count). The molecule has 0 unspecified atom stereocenters. The zero-order valence-corrected chi connectivity index (χ0v) is 29.6. The van der Waals surface area contributed by atoms with E-state index in [0.29, 0.717) is 23.5 Å². The molecule has 0 heterocycles. The van der Waals surface area contributed by atoms with Crippen molar-refractivity contribution in [3.05, 3.63) is 124 Å². The van der Waals surface area contributed by atoms with Gasteiger partial charge in [-0.15, -0.1) is 0 Å². The minimum absolute atomic E-state index is 0.0477. The van der Waals surface area contributed by atoms with Crippen molar-refractivity contribution in [2.45, 2.75) is 57.1 Å². The molecule has 2 amide bonds. The number of carbonyl (C=O) groups is 2. The van der Waals surface area contributed by atoms with Gasteiger partial charge in [-0.05, 0) is 73.9 Å². The summed E-state index contributed by atoms with van der Waals surface area (Å²) in [6.07, 6.45) is 0.804. The Balaban J connectivity index is 1.86. The maximum atomic E-state index is 14.7. The van der Waals surface area contributed by atoms with Gasteiger partial charge in [0.05, 0.1) is 29.7 Å². The number of anilines is 1. The molecule has 50 heavy (non-hydrogen) atoms. The number of rotatable bonds is 16. The van der Waals surface area contributed by atoms with Gasteiger partial charge in [-0.1, -0.05) is 55.5 Å². The molecule has 0 saturated heterocycles. The van der Waals surface area contributed by atoms with E-state index >= 15 is 0 Å². The quantitative estimate of drug-likeness (QED) is 0.116. The number of nitro benzene ring substituents is 1. The molecule has 0 spiro atoms. The summed E-state index contributed by atoms with van der Waals surface area (Å²) in [7, 11) is -1.58. The van der Waals surface area contributed by atoms with E-state index in [1.807, 2.05) is 44.2 Å². The molecule has 0 saturated carbocycles. The van der Waals surface area contributed by atoms with Crippen LogP contribution in [0.25, 0.3) is 0 Å². The first-order valence-electron chi connectivity index (χ1n) is 16.1. The van der Waals surface area contributed by atoms with Crippen molar-refractivity contribution in [1.29, 1.82) is 0 Å². The molecule has 0 bridgehead atoms. The summed E-state index contributed by atoms with van der Waals surface area (Å²) in [6.45, 7) is 4.54. The SMILES string of the molecule is CC[C@H](C)NC(=O)[C@H](Cc1ccccc1)N(Cc1cccc(OC)c1)C(=O)CN(c1ccc(OC)cc1)S(=O)(=O)c1ccc(C)c([N+](=O)[O-])c1. The third-order valence-corrected chi connectivity index (χ3v) is 10.1. The van der Waals surface area contributed by atoms with E-state index in [9.17, 15) is 28.1 Å². The van der Waals surface area contributed by atoms with Gasteiger partial charge in [0.1, 0.15) is 24.1 Å². The molecule has 0 aliphatic carbocycles. The summed E-state index contributed by atoms with van der Waals surface area (Å²) in [5.41, 5.74) is 1.47. The molecule has 4 aromatic carbocycles. The van der Waals surface area contributed by atoms with Crippen LogP contribution in [-0.2, 0) is 32.6 Å². The van der Waals surface area contributed by atoms with Crippen LogP contribution >= 0.6 is 0 Å². The number of sulfonamides is 1. The standard InChI is InChI=1S/C37H42N4O8S/c1-6-27(3)38-37(43)35(22-28-11-8-7-9-12-28)39(24-29-13-10-14-32(21-29)49-5)36(42)25-40(30-16-18-31(48-4)19-17-30)50(46,47)33-20-15-26(2)34(23-33)41(44)45/h7-21,23,27,35H,6,22,24-25H2,1-5H3,(H,38,43)/t27-,35-/m0/s1. The van der Waals surface area contributed by atoms with Gasteiger partial charge >= 0.3 is 0 Å². The highest BCUT2D eigenvalue weighted by Crippen LogP contribution is 2.30. The van der Waals surface area contributed by atoms with Crippen molar-refractivity contribution in [2.24, 2.45) is 0 Å². The first-order valence-corrected chi connectivity index (χ1v) is 17.5. The summed E-state index contributed by atoms with van der Waals surface area (Å²) in [4.78, 5) is 40.8. The monoisotopic (exact) mass is 702 g/mol. The molecule has 0 aliphatic rings. The van der Waals surface area contributed by atoms with Gasteiger partial charge in [0.2, 0.25) is 11.8 Å².